The van der Waals surface area contributed by atoms with Gasteiger partial charge in [-0.15, -0.1) is 0 Å². The summed E-state index contributed by atoms with van der Waals surface area (Å²) < 4.78 is 91.3. The number of halogens is 6. The van der Waals surface area contributed by atoms with Gasteiger partial charge in [-0.2, -0.15) is 26.3 Å². The number of allylic oxidation sites excluding steroid dienone is 1. The average molecular weight is 880 g/mol. The van der Waals surface area contributed by atoms with Crippen LogP contribution in [0.5, 0.6) is 5.75 Å². The number of carbonyl (C=O) groups is 2. The minimum Gasteiger partial charge on any atom is -0.507 e. The van der Waals surface area contributed by atoms with Crippen molar-refractivity contribution in [3.63, 3.8) is 0 Å². The van der Waals surface area contributed by atoms with E-state index < -0.39 is 84.8 Å². The molecule has 4 aromatic carbocycles. The van der Waals surface area contributed by atoms with Crippen LogP contribution in [0.15, 0.2) is 120 Å². The minimum absolute atomic E-state index is 0.0721. The van der Waals surface area contributed by atoms with Crippen molar-refractivity contribution in [1.82, 2.24) is 0 Å². The lowest BCUT2D eigenvalue weighted by Gasteiger charge is -2.44. The molecule has 1 saturated heterocycles. The van der Waals surface area contributed by atoms with Crippen molar-refractivity contribution in [2.45, 2.75) is 83.3 Å². The summed E-state index contributed by atoms with van der Waals surface area (Å²) >= 11 is 0. The number of anilines is 1. The van der Waals surface area contributed by atoms with Crippen LogP contribution in [0.1, 0.15) is 76.5 Å². The zero-order valence-electron chi connectivity index (χ0n) is 34.9. The van der Waals surface area contributed by atoms with E-state index in [1.807, 2.05) is 73.7 Å². The maximum absolute atomic E-state index is 14.4. The number of phenols is 1. The summed E-state index contributed by atoms with van der Waals surface area (Å²) in [7, 11) is -3.29. The molecule has 330 valence electrons. The minimum atomic E-state index is -5.24. The third-order valence-corrected chi connectivity index (χ3v) is 17.0. The highest BCUT2D eigenvalue weighted by Gasteiger charge is 2.57. The van der Waals surface area contributed by atoms with Crippen LogP contribution < -0.4 is 15.3 Å². The molecule has 4 atom stereocenters. The number of aromatic hydroxyl groups is 1. The number of aliphatic hydroxyl groups excluding tert-OH is 2. The molecule has 7 nitrogen and oxygen atoms in total. The lowest BCUT2D eigenvalue weighted by Crippen LogP contribution is -2.66. The molecule has 2 amide bonds. The number of fused-ring (bicyclic) bond motifs is 1. The molecule has 1 aliphatic carbocycles. The van der Waals surface area contributed by atoms with Crippen molar-refractivity contribution >= 4 is 42.3 Å². The van der Waals surface area contributed by atoms with Gasteiger partial charge in [-0.3, -0.25) is 9.59 Å². The van der Waals surface area contributed by atoms with Crippen LogP contribution >= 0.6 is 0 Å². The number of hydrogen-bond acceptors (Lipinski definition) is 6. The van der Waals surface area contributed by atoms with Crippen molar-refractivity contribution in [2.75, 3.05) is 18.1 Å². The molecule has 6 rings (SSSR count). The Labute approximate surface area is 358 Å². The Morgan fingerprint density at radius 3 is 1.87 bits per heavy atom. The first kappa shape index (κ1) is 46.5. The normalized spacial score (nSPS) is 19.6. The molecule has 0 aromatic heterocycles. The third-order valence-electron chi connectivity index (χ3n) is 12.1. The highest BCUT2D eigenvalue weighted by atomic mass is 28.4. The predicted molar refractivity (Wildman–Crippen MR) is 228 cm³/mol. The van der Waals surface area contributed by atoms with Crippen molar-refractivity contribution in [2.24, 2.45) is 17.8 Å². The highest BCUT2D eigenvalue weighted by molar-refractivity contribution is 6.99. The fraction of sp³-hybridized carbons (Fsp3) is 0.375. The summed E-state index contributed by atoms with van der Waals surface area (Å²) in [6.45, 7) is 7.23. The molecule has 1 aliphatic heterocycles. The highest BCUT2D eigenvalue weighted by Crippen LogP contribution is 2.49. The number of amides is 2. The molecular formula is C48H51F6NO6Si. The van der Waals surface area contributed by atoms with Gasteiger partial charge in [0.1, 0.15) is 5.75 Å². The topological polar surface area (TPSA) is 107 Å². The largest absolute Gasteiger partial charge is 0.507 e. The van der Waals surface area contributed by atoms with E-state index in [4.69, 9.17) is 4.43 Å². The molecule has 4 aromatic rings. The summed E-state index contributed by atoms with van der Waals surface area (Å²) in [6, 6.07) is 26.7. The van der Waals surface area contributed by atoms with Crippen molar-refractivity contribution in [3.8, 4) is 5.75 Å². The summed E-state index contributed by atoms with van der Waals surface area (Å²) in [6.07, 6.45) is -8.40. The number of carbonyl (C=O) groups excluding carboxylic acids is 2. The molecule has 3 N–H and O–H groups in total. The third kappa shape index (κ3) is 9.34. The lowest BCUT2D eigenvalue weighted by atomic mass is 9.68. The fourth-order valence-corrected chi connectivity index (χ4v) is 13.8. The predicted octanol–water partition coefficient (Wildman–Crippen LogP) is 9.45. The summed E-state index contributed by atoms with van der Waals surface area (Å²) in [5.41, 5.74) is -2.13. The van der Waals surface area contributed by atoms with E-state index in [0.717, 1.165) is 22.4 Å². The van der Waals surface area contributed by atoms with E-state index in [1.54, 1.807) is 24.3 Å². The van der Waals surface area contributed by atoms with Gasteiger partial charge in [0.25, 0.3) is 8.32 Å². The smallest absolute Gasteiger partial charge is 0.416 e. The molecule has 1 heterocycles. The Morgan fingerprint density at radius 1 is 0.823 bits per heavy atom. The summed E-state index contributed by atoms with van der Waals surface area (Å²) in [5, 5.41) is 35.2. The fourth-order valence-electron chi connectivity index (χ4n) is 9.27. The van der Waals surface area contributed by atoms with Crippen LogP contribution in [0.25, 0.3) is 6.08 Å². The molecule has 0 bridgehead atoms. The van der Waals surface area contributed by atoms with Gasteiger partial charge in [-0.1, -0.05) is 125 Å². The van der Waals surface area contributed by atoms with Crippen LogP contribution in [-0.2, 0) is 26.4 Å². The number of phenolic OH excluding ortho intramolecular Hbond substituents is 1. The van der Waals surface area contributed by atoms with Crippen molar-refractivity contribution in [1.29, 1.82) is 0 Å². The Bertz CT molecular complexity index is 2230. The van der Waals surface area contributed by atoms with Crippen molar-refractivity contribution < 1.29 is 55.7 Å². The number of benzene rings is 4. The Hall–Kier alpha value is -5.02. The quantitative estimate of drug-likeness (QED) is 0.0505. The summed E-state index contributed by atoms with van der Waals surface area (Å²) in [4.78, 5) is 29.1. The van der Waals surface area contributed by atoms with Crippen LogP contribution in [-0.4, -0.2) is 54.8 Å². The van der Waals surface area contributed by atoms with Crippen LogP contribution in [0.2, 0.25) is 5.04 Å². The second-order valence-corrected chi connectivity index (χ2v) is 21.4. The lowest BCUT2D eigenvalue weighted by molar-refractivity contribution is -0.143. The Kier molecular flexibility index (Phi) is 13.8. The first-order chi connectivity index (χ1) is 29.2. The zero-order valence-corrected chi connectivity index (χ0v) is 35.9. The van der Waals surface area contributed by atoms with E-state index in [-0.39, 0.29) is 36.8 Å². The maximum Gasteiger partial charge on any atom is 0.416 e. The van der Waals surface area contributed by atoms with Crippen LogP contribution in [0, 0.1) is 17.8 Å². The van der Waals surface area contributed by atoms with E-state index in [2.05, 4.69) is 20.8 Å². The molecule has 0 unspecified atom stereocenters. The van der Waals surface area contributed by atoms with Crippen LogP contribution in [0.3, 0.4) is 0 Å². The molecule has 14 heteroatoms. The second-order valence-electron chi connectivity index (χ2n) is 17.1. The zero-order chi connectivity index (χ0) is 45.2. The molecule has 1 fully saturated rings. The standard InChI is InChI=1S/C48H51F6NO6Si/c1-5-14-30(23-31-15-12-13-20-40(31)57)21-22-41(58)42-32(29-61-62(46(2,3)4,36-16-8-6-9-17-36)37-18-10-7-11-19-37)24-38-43(39(42)28-56)45(60)55(44(38)59)35-26-33(47(49,50)51)25-34(27-35)48(52,53)54/h6-13,15-20,23,25-27,38-39,41,43,56-58H,5,14,21-22,24,28-29H2,1-4H3/b30-23+/t38-,39+,41-,43-/m1/s1. The number of hydrogen-bond donors (Lipinski definition) is 3. The van der Waals surface area contributed by atoms with Gasteiger partial charge in [0.05, 0.1) is 48.0 Å². The van der Waals surface area contributed by atoms with Gasteiger partial charge in [0.2, 0.25) is 11.8 Å². The van der Waals surface area contributed by atoms with E-state index >= 15 is 0 Å². The first-order valence-electron chi connectivity index (χ1n) is 20.6. The molecular weight excluding hydrogens is 829 g/mol. The van der Waals surface area contributed by atoms with E-state index in [9.17, 15) is 51.3 Å². The van der Waals surface area contributed by atoms with Gasteiger partial charge < -0.3 is 19.7 Å². The maximum atomic E-state index is 14.4. The van der Waals surface area contributed by atoms with Gasteiger partial charge in [0, 0.05) is 11.5 Å². The first-order valence-corrected chi connectivity index (χ1v) is 22.5. The number of para-hydroxylation sites is 1. The molecule has 2 aliphatic rings. The van der Waals surface area contributed by atoms with Gasteiger partial charge in [-0.05, 0) is 76.5 Å². The number of aliphatic hydroxyl groups is 2. The molecule has 0 spiro atoms. The Balaban J connectivity index is 1.47. The monoisotopic (exact) mass is 879 g/mol. The van der Waals surface area contributed by atoms with Crippen molar-refractivity contribution in [3.05, 3.63) is 137 Å². The average Bonchev–Trinajstić information content (AvgIpc) is 3.47. The number of imide groups is 1. The summed E-state index contributed by atoms with van der Waals surface area (Å²) in [5.74, 6) is -5.97. The number of alkyl halides is 6. The van der Waals surface area contributed by atoms with E-state index in [1.165, 1.54) is 0 Å². The second kappa shape index (κ2) is 18.4. The van der Waals surface area contributed by atoms with E-state index in [0.29, 0.717) is 41.0 Å². The molecule has 0 saturated carbocycles. The van der Waals surface area contributed by atoms with Gasteiger partial charge >= 0.3 is 12.4 Å². The van der Waals surface area contributed by atoms with Gasteiger partial charge in [-0.25, -0.2) is 4.90 Å². The SMILES string of the molecule is CCC/C(=C\c1ccccc1O)CC[C@@H](O)C1=C(CO[Si](c2ccccc2)(c2ccccc2)C(C)(C)C)C[C@H]2C(=O)N(c3cc(C(F)(F)F)cc(C(F)(F)F)c3)C(=O)[C@H]2[C@H]1CO. The molecule has 0 radical (unpaired) electrons. The molecule has 62 heavy (non-hydrogen) atoms. The van der Waals surface area contributed by atoms with Crippen LogP contribution in [0.4, 0.5) is 32.0 Å². The number of rotatable bonds is 14. The number of nitrogens with zero attached hydrogens (tertiary/aromatic N) is 1. The Morgan fingerprint density at radius 2 is 1.37 bits per heavy atom. The van der Waals surface area contributed by atoms with Gasteiger partial charge in [0.15, 0.2) is 0 Å².